The largest absolute Gasteiger partial charge is 0.481 e. The first-order valence-corrected chi connectivity index (χ1v) is 16.1. The smallest absolute Gasteiger partial charge is 0.422 e. The Morgan fingerprint density at radius 2 is 1.85 bits per heavy atom. The molecule has 3 saturated heterocycles. The lowest BCUT2D eigenvalue weighted by Gasteiger charge is -2.54. The number of rotatable bonds is 7. The Bertz CT molecular complexity index is 1860. The number of halogens is 3. The molecule has 0 atom stereocenters. The van der Waals surface area contributed by atoms with Crippen molar-refractivity contribution in [2.75, 3.05) is 50.8 Å². The summed E-state index contributed by atoms with van der Waals surface area (Å²) >= 11 is 0. The van der Waals surface area contributed by atoms with E-state index in [1.165, 1.54) is 6.08 Å². The summed E-state index contributed by atoms with van der Waals surface area (Å²) in [6.45, 7) is 12.6. The van der Waals surface area contributed by atoms with Gasteiger partial charge in [0.25, 0.3) is 0 Å². The molecule has 3 aliphatic rings. The molecular weight excluding hydrogens is 607 g/mol. The van der Waals surface area contributed by atoms with Gasteiger partial charge in [-0.2, -0.15) is 18.3 Å². The standard InChI is InChI=1S/C35H38F3N7O2/c1-4-22-16-24-30(31(47-20-35(36,37)38)29(22)28-21(3)6-7-26-25(28)17-40-43-26)41-32(23-8-12-39-13-9-23)42-33(24)44-14-10-34(11-15-44)18-45(19-34)27(46)5-2/h4-7,16-17,23,39H,1-2,8-15,18-20H2,3H3,(H,40,43). The van der Waals surface area contributed by atoms with Crippen LogP contribution in [-0.4, -0.2) is 83.0 Å². The predicted molar refractivity (Wildman–Crippen MR) is 177 cm³/mol. The van der Waals surface area contributed by atoms with Crippen LogP contribution in [-0.2, 0) is 4.79 Å². The minimum absolute atomic E-state index is 0.0491. The second kappa shape index (κ2) is 12.0. The van der Waals surface area contributed by atoms with Crippen molar-refractivity contribution >= 4 is 39.6 Å². The van der Waals surface area contributed by atoms with E-state index in [1.54, 1.807) is 12.3 Å². The van der Waals surface area contributed by atoms with E-state index in [-0.39, 0.29) is 23.0 Å². The van der Waals surface area contributed by atoms with Gasteiger partial charge in [0, 0.05) is 53.8 Å². The maximum atomic E-state index is 13.9. The highest BCUT2D eigenvalue weighted by molar-refractivity contribution is 6.07. The highest BCUT2D eigenvalue weighted by Crippen LogP contribution is 2.48. The van der Waals surface area contributed by atoms with E-state index in [9.17, 15) is 18.0 Å². The molecule has 47 heavy (non-hydrogen) atoms. The number of aromatic amines is 1. The Kier molecular flexibility index (Phi) is 7.94. The van der Waals surface area contributed by atoms with Crippen LogP contribution in [0.1, 0.15) is 48.6 Å². The summed E-state index contributed by atoms with van der Waals surface area (Å²) in [5.41, 5.74) is 3.87. The molecule has 1 spiro atoms. The van der Waals surface area contributed by atoms with Crippen LogP contribution >= 0.6 is 0 Å². The van der Waals surface area contributed by atoms with Crippen molar-refractivity contribution in [3.63, 3.8) is 0 Å². The summed E-state index contributed by atoms with van der Waals surface area (Å²) in [7, 11) is 0. The molecule has 1 amide bonds. The van der Waals surface area contributed by atoms with Crippen LogP contribution in [0.15, 0.2) is 43.6 Å². The SMILES string of the molecule is C=CC(=O)N1CC2(CCN(c3nc(C4CCNCC4)nc4c(OCC(F)(F)F)c(-c5c(C)ccc6[nH]ncc56)c(C=C)cc34)CC2)C1. The Balaban J connectivity index is 1.41. The molecule has 12 heteroatoms. The lowest BCUT2D eigenvalue weighted by molar-refractivity contribution is -0.153. The third kappa shape index (κ3) is 5.72. The van der Waals surface area contributed by atoms with Crippen molar-refractivity contribution in [3.05, 3.63) is 60.6 Å². The maximum Gasteiger partial charge on any atom is 0.422 e. The summed E-state index contributed by atoms with van der Waals surface area (Å²) < 4.78 is 47.4. The molecule has 0 bridgehead atoms. The number of ether oxygens (including phenoxy) is 1. The van der Waals surface area contributed by atoms with Gasteiger partial charge in [-0.15, -0.1) is 0 Å². The first-order valence-electron chi connectivity index (χ1n) is 16.1. The number of aromatic nitrogens is 4. The number of H-pyrrole nitrogens is 1. The number of carbonyl (C=O) groups is 1. The van der Waals surface area contributed by atoms with Crippen LogP contribution in [0.4, 0.5) is 19.0 Å². The van der Waals surface area contributed by atoms with Gasteiger partial charge in [-0.25, -0.2) is 9.97 Å². The fraction of sp³-hybridized carbons (Fsp3) is 0.429. The molecule has 4 aromatic rings. The van der Waals surface area contributed by atoms with Crippen molar-refractivity contribution in [1.82, 2.24) is 30.4 Å². The van der Waals surface area contributed by atoms with Crippen molar-refractivity contribution < 1.29 is 22.7 Å². The van der Waals surface area contributed by atoms with Gasteiger partial charge in [-0.05, 0) is 80.6 Å². The highest BCUT2D eigenvalue weighted by atomic mass is 19.4. The van der Waals surface area contributed by atoms with Crippen molar-refractivity contribution in [2.24, 2.45) is 5.41 Å². The molecule has 9 nitrogen and oxygen atoms in total. The quantitative estimate of drug-likeness (QED) is 0.233. The van der Waals surface area contributed by atoms with Crippen LogP contribution < -0.4 is 15.0 Å². The number of hydrogen-bond acceptors (Lipinski definition) is 7. The highest BCUT2D eigenvalue weighted by Gasteiger charge is 2.46. The lowest BCUT2D eigenvalue weighted by atomic mass is 9.72. The van der Waals surface area contributed by atoms with E-state index in [4.69, 9.17) is 14.7 Å². The zero-order valence-electron chi connectivity index (χ0n) is 26.4. The molecule has 246 valence electrons. The average Bonchev–Trinajstić information content (AvgIpc) is 3.54. The summed E-state index contributed by atoms with van der Waals surface area (Å²) in [6, 6.07) is 5.76. The zero-order chi connectivity index (χ0) is 32.9. The summed E-state index contributed by atoms with van der Waals surface area (Å²) in [5, 5.41) is 12.0. The second-order valence-electron chi connectivity index (χ2n) is 13.1. The predicted octanol–water partition coefficient (Wildman–Crippen LogP) is 6.15. The summed E-state index contributed by atoms with van der Waals surface area (Å²) in [6.07, 6.45) is 3.51. The van der Waals surface area contributed by atoms with Crippen LogP contribution in [0.2, 0.25) is 0 Å². The van der Waals surface area contributed by atoms with Gasteiger partial charge in [0.2, 0.25) is 5.91 Å². The van der Waals surface area contributed by atoms with Gasteiger partial charge < -0.3 is 19.9 Å². The topological polar surface area (TPSA) is 99.3 Å². The monoisotopic (exact) mass is 645 g/mol. The minimum atomic E-state index is -4.57. The third-order valence-electron chi connectivity index (χ3n) is 10.0. The first-order chi connectivity index (χ1) is 22.6. The van der Waals surface area contributed by atoms with Gasteiger partial charge in [-0.1, -0.05) is 25.3 Å². The Hall–Kier alpha value is -4.45. The van der Waals surface area contributed by atoms with Crippen LogP contribution in [0.5, 0.6) is 5.75 Å². The molecular formula is C35H38F3N7O2. The second-order valence-corrected chi connectivity index (χ2v) is 13.1. The van der Waals surface area contributed by atoms with Crippen LogP contribution in [0.3, 0.4) is 0 Å². The Morgan fingerprint density at radius 3 is 2.53 bits per heavy atom. The molecule has 0 saturated carbocycles. The number of alkyl halides is 3. The number of piperidine rings is 2. The fourth-order valence-electron chi connectivity index (χ4n) is 7.49. The molecule has 2 aromatic heterocycles. The van der Waals surface area contributed by atoms with Crippen LogP contribution in [0.25, 0.3) is 39.0 Å². The molecule has 3 fully saturated rings. The zero-order valence-corrected chi connectivity index (χ0v) is 26.4. The fourth-order valence-corrected chi connectivity index (χ4v) is 7.49. The number of hydrogen-bond donors (Lipinski definition) is 2. The lowest BCUT2D eigenvalue weighted by Crippen LogP contribution is -2.61. The van der Waals surface area contributed by atoms with Crippen LogP contribution in [0, 0.1) is 12.3 Å². The van der Waals surface area contributed by atoms with Gasteiger partial charge in [0.05, 0.1) is 11.7 Å². The molecule has 3 aliphatic heterocycles. The van der Waals surface area contributed by atoms with Crippen molar-refractivity contribution in [3.8, 4) is 16.9 Å². The van der Waals surface area contributed by atoms with E-state index in [0.29, 0.717) is 59.9 Å². The van der Waals surface area contributed by atoms with E-state index >= 15 is 0 Å². The van der Waals surface area contributed by atoms with Crippen molar-refractivity contribution in [2.45, 2.75) is 44.7 Å². The third-order valence-corrected chi connectivity index (χ3v) is 10.0. The van der Waals surface area contributed by atoms with Crippen molar-refractivity contribution in [1.29, 1.82) is 0 Å². The number of amides is 1. The number of fused-ring (bicyclic) bond motifs is 2. The molecule has 5 heterocycles. The number of likely N-dealkylation sites (tertiary alicyclic amines) is 1. The van der Waals surface area contributed by atoms with E-state index in [1.807, 2.05) is 30.0 Å². The number of anilines is 1. The first kappa shape index (κ1) is 31.2. The minimum Gasteiger partial charge on any atom is -0.481 e. The molecule has 7 rings (SSSR count). The number of benzene rings is 2. The molecule has 0 unspecified atom stereocenters. The molecule has 2 N–H and O–H groups in total. The van der Waals surface area contributed by atoms with E-state index in [2.05, 4.69) is 33.6 Å². The number of nitrogens with zero attached hydrogens (tertiary/aromatic N) is 5. The number of nitrogens with one attached hydrogen (secondary N) is 2. The van der Waals surface area contributed by atoms with Gasteiger partial charge in [0.15, 0.2) is 12.4 Å². The molecule has 0 radical (unpaired) electrons. The Labute approximate surface area is 270 Å². The molecule has 2 aromatic carbocycles. The number of carbonyl (C=O) groups excluding carboxylic acids is 1. The normalized spacial score (nSPS) is 18.5. The van der Waals surface area contributed by atoms with E-state index < -0.39 is 12.8 Å². The average molecular weight is 646 g/mol. The van der Waals surface area contributed by atoms with Gasteiger partial charge >= 0.3 is 6.18 Å². The Morgan fingerprint density at radius 1 is 1.11 bits per heavy atom. The maximum absolute atomic E-state index is 13.9. The van der Waals surface area contributed by atoms with Gasteiger partial charge in [0.1, 0.15) is 17.2 Å². The summed E-state index contributed by atoms with van der Waals surface area (Å²) in [4.78, 5) is 26.4. The van der Waals surface area contributed by atoms with Gasteiger partial charge in [-0.3, -0.25) is 9.89 Å². The summed E-state index contributed by atoms with van der Waals surface area (Å²) in [5.74, 6) is 1.38. The molecule has 0 aliphatic carbocycles. The number of aryl methyl sites for hydroxylation is 1. The van der Waals surface area contributed by atoms with E-state index in [0.717, 1.165) is 60.8 Å².